The smallest absolute Gasteiger partial charge is 0.408 e. The van der Waals surface area contributed by atoms with Crippen molar-refractivity contribution in [3.63, 3.8) is 0 Å². The second-order valence-electron chi connectivity index (χ2n) is 3.91. The molecule has 0 atom stereocenters. The van der Waals surface area contributed by atoms with E-state index >= 15 is 0 Å². The van der Waals surface area contributed by atoms with Gasteiger partial charge in [-0.15, -0.1) is 0 Å². The second-order valence-corrected chi connectivity index (χ2v) is 3.91. The van der Waals surface area contributed by atoms with E-state index < -0.39 is 11.2 Å². The van der Waals surface area contributed by atoms with Gasteiger partial charge < -0.3 is 9.15 Å². The van der Waals surface area contributed by atoms with E-state index in [-0.39, 0.29) is 0 Å². The fourth-order valence-electron chi connectivity index (χ4n) is 1.85. The Morgan fingerprint density at radius 2 is 2.25 bits per heavy atom. The molecule has 1 aliphatic rings. The molecular weight excluding hydrogens is 208 g/mol. The maximum absolute atomic E-state index is 11.0. The van der Waals surface area contributed by atoms with Crippen molar-refractivity contribution in [2.45, 2.75) is 5.41 Å². The van der Waals surface area contributed by atoms with E-state index in [4.69, 9.17) is 14.4 Å². The quantitative estimate of drug-likeness (QED) is 0.768. The maximum Gasteiger partial charge on any atom is 0.417 e. The molecule has 1 aliphatic heterocycles. The molecule has 0 amide bonds. The van der Waals surface area contributed by atoms with E-state index in [1.807, 2.05) is 6.07 Å². The molecule has 2 aromatic rings. The summed E-state index contributed by atoms with van der Waals surface area (Å²) in [4.78, 5) is 13.5. The molecule has 2 heterocycles. The predicted octanol–water partition coefficient (Wildman–Crippen LogP) is 0.913. The van der Waals surface area contributed by atoms with Gasteiger partial charge in [0.2, 0.25) is 0 Å². The number of rotatable bonds is 1. The van der Waals surface area contributed by atoms with Gasteiger partial charge >= 0.3 is 5.76 Å². The third-order valence-corrected chi connectivity index (χ3v) is 2.88. The number of hydrogen-bond donors (Lipinski definition) is 1. The molecule has 0 unspecified atom stereocenters. The first-order chi connectivity index (χ1) is 7.73. The number of oxazole rings is 1. The van der Waals surface area contributed by atoms with Gasteiger partial charge in [-0.1, -0.05) is 6.07 Å². The van der Waals surface area contributed by atoms with Crippen LogP contribution in [0.25, 0.3) is 11.1 Å². The van der Waals surface area contributed by atoms with Crippen molar-refractivity contribution in [2.75, 3.05) is 13.2 Å². The third kappa shape index (κ3) is 1.11. The lowest BCUT2D eigenvalue weighted by atomic mass is 9.80. The van der Waals surface area contributed by atoms with Crippen molar-refractivity contribution in [1.29, 1.82) is 5.26 Å². The number of nitriles is 1. The van der Waals surface area contributed by atoms with Gasteiger partial charge in [-0.3, -0.25) is 4.98 Å². The largest absolute Gasteiger partial charge is 0.417 e. The summed E-state index contributed by atoms with van der Waals surface area (Å²) in [5.74, 6) is -0.483. The lowest BCUT2D eigenvalue weighted by Crippen LogP contribution is -2.45. The highest BCUT2D eigenvalue weighted by molar-refractivity contribution is 5.73. The molecule has 16 heavy (non-hydrogen) atoms. The van der Waals surface area contributed by atoms with Crippen LogP contribution in [0.1, 0.15) is 5.56 Å². The zero-order valence-electron chi connectivity index (χ0n) is 8.32. The molecule has 1 saturated heterocycles. The molecule has 1 N–H and O–H groups in total. The molecule has 0 aliphatic carbocycles. The van der Waals surface area contributed by atoms with Crippen molar-refractivity contribution < 1.29 is 9.15 Å². The number of nitrogens with one attached hydrogen (secondary N) is 1. The molecule has 1 aromatic carbocycles. The van der Waals surface area contributed by atoms with Gasteiger partial charge in [-0.25, -0.2) is 4.79 Å². The average Bonchev–Trinajstić information content (AvgIpc) is 2.56. The van der Waals surface area contributed by atoms with E-state index in [1.165, 1.54) is 0 Å². The van der Waals surface area contributed by atoms with Crippen molar-refractivity contribution in [1.82, 2.24) is 4.98 Å². The molecule has 5 nitrogen and oxygen atoms in total. The summed E-state index contributed by atoms with van der Waals surface area (Å²) < 4.78 is 10.0. The minimum atomic E-state index is -0.579. The molecule has 5 heteroatoms. The van der Waals surface area contributed by atoms with Gasteiger partial charge in [-0.05, 0) is 17.7 Å². The Hall–Kier alpha value is -2.06. The molecular formula is C11H8N2O3. The Balaban J connectivity index is 2.18. The van der Waals surface area contributed by atoms with E-state index in [9.17, 15) is 4.79 Å². The topological polar surface area (TPSA) is 79.0 Å². The number of hydrogen-bond acceptors (Lipinski definition) is 4. The van der Waals surface area contributed by atoms with Crippen LogP contribution in [0.15, 0.2) is 27.4 Å². The van der Waals surface area contributed by atoms with Crippen LogP contribution < -0.4 is 5.76 Å². The lowest BCUT2D eigenvalue weighted by Gasteiger charge is -2.35. The molecule has 3 rings (SSSR count). The van der Waals surface area contributed by atoms with E-state index in [0.29, 0.717) is 24.3 Å². The first-order valence-electron chi connectivity index (χ1n) is 4.86. The molecule has 0 bridgehead atoms. The van der Waals surface area contributed by atoms with Gasteiger partial charge in [0.05, 0.1) is 24.8 Å². The number of aromatic nitrogens is 1. The molecule has 0 saturated carbocycles. The maximum atomic E-state index is 11.0. The molecule has 80 valence electrons. The van der Waals surface area contributed by atoms with Crippen LogP contribution in [0.5, 0.6) is 0 Å². The van der Waals surface area contributed by atoms with Crippen molar-refractivity contribution in [2.24, 2.45) is 0 Å². The van der Waals surface area contributed by atoms with Crippen LogP contribution in [-0.2, 0) is 10.2 Å². The van der Waals surface area contributed by atoms with Gasteiger partial charge in [-0.2, -0.15) is 5.26 Å². The summed E-state index contributed by atoms with van der Waals surface area (Å²) in [5.41, 5.74) is 1.37. The first kappa shape index (κ1) is 9.19. The molecule has 0 radical (unpaired) electrons. The number of benzene rings is 1. The van der Waals surface area contributed by atoms with Crippen molar-refractivity contribution in [3.8, 4) is 6.07 Å². The molecule has 0 spiro atoms. The summed E-state index contributed by atoms with van der Waals surface area (Å²) in [5, 5.41) is 9.14. The summed E-state index contributed by atoms with van der Waals surface area (Å²) in [6.07, 6.45) is 0. The van der Waals surface area contributed by atoms with Crippen LogP contribution in [0.3, 0.4) is 0 Å². The van der Waals surface area contributed by atoms with Gasteiger partial charge in [0, 0.05) is 0 Å². The minimum absolute atomic E-state index is 0.393. The Labute approximate surface area is 90.2 Å². The SMILES string of the molecule is N#CC1(c2ccc3[nH]c(=O)oc3c2)COC1. The highest BCUT2D eigenvalue weighted by Crippen LogP contribution is 2.32. The average molecular weight is 216 g/mol. The van der Waals surface area contributed by atoms with Gasteiger partial charge in [0.15, 0.2) is 5.58 Å². The zero-order valence-corrected chi connectivity index (χ0v) is 8.32. The second kappa shape index (κ2) is 2.97. The monoisotopic (exact) mass is 216 g/mol. The highest BCUT2D eigenvalue weighted by atomic mass is 16.5. The molecule has 1 aromatic heterocycles. The number of ether oxygens (including phenoxy) is 1. The number of fused-ring (bicyclic) bond motifs is 1. The first-order valence-corrected chi connectivity index (χ1v) is 4.86. The summed E-state index contributed by atoms with van der Waals surface area (Å²) in [6.45, 7) is 0.785. The van der Waals surface area contributed by atoms with Crippen LogP contribution in [-0.4, -0.2) is 18.2 Å². The summed E-state index contributed by atoms with van der Waals surface area (Å²) in [6, 6.07) is 7.53. The van der Waals surface area contributed by atoms with Crippen molar-refractivity contribution in [3.05, 3.63) is 34.3 Å². The van der Waals surface area contributed by atoms with Crippen LogP contribution >= 0.6 is 0 Å². The van der Waals surface area contributed by atoms with Crippen LogP contribution in [0.2, 0.25) is 0 Å². The zero-order chi connectivity index (χ0) is 11.2. The molecule has 1 fully saturated rings. The Morgan fingerprint density at radius 1 is 1.44 bits per heavy atom. The highest BCUT2D eigenvalue weighted by Gasteiger charge is 2.41. The fraction of sp³-hybridized carbons (Fsp3) is 0.273. The number of nitrogens with zero attached hydrogens (tertiary/aromatic N) is 1. The van der Waals surface area contributed by atoms with E-state index in [1.54, 1.807) is 12.1 Å². The Kier molecular flexibility index (Phi) is 1.70. The van der Waals surface area contributed by atoms with Crippen LogP contribution in [0, 0.1) is 11.3 Å². The van der Waals surface area contributed by atoms with E-state index in [2.05, 4.69) is 11.1 Å². The predicted molar refractivity (Wildman–Crippen MR) is 54.9 cm³/mol. The third-order valence-electron chi connectivity index (χ3n) is 2.88. The normalized spacial score (nSPS) is 17.9. The fourth-order valence-corrected chi connectivity index (χ4v) is 1.85. The Morgan fingerprint density at radius 3 is 2.88 bits per heavy atom. The lowest BCUT2D eigenvalue weighted by molar-refractivity contribution is -0.0297. The number of H-pyrrole nitrogens is 1. The number of aromatic amines is 1. The summed E-state index contributed by atoms with van der Waals surface area (Å²) in [7, 11) is 0. The van der Waals surface area contributed by atoms with Gasteiger partial charge in [0.1, 0.15) is 5.41 Å². The van der Waals surface area contributed by atoms with Crippen LogP contribution in [0.4, 0.5) is 0 Å². The summed E-state index contributed by atoms with van der Waals surface area (Å²) >= 11 is 0. The van der Waals surface area contributed by atoms with Gasteiger partial charge in [0.25, 0.3) is 0 Å². The van der Waals surface area contributed by atoms with E-state index in [0.717, 1.165) is 5.56 Å². The van der Waals surface area contributed by atoms with Crippen molar-refractivity contribution >= 4 is 11.1 Å². The standard InChI is InChI=1S/C11H8N2O3/c12-4-11(5-15-6-11)7-1-2-8-9(3-7)16-10(14)13-8/h1-3H,5-6H2,(H,13,14). The minimum Gasteiger partial charge on any atom is -0.408 e. The Bertz CT molecular complexity index is 643.